The SMILES string of the molecule is CCNC1CCN(c2cccc(I)c2)CC1. The van der Waals surface area contributed by atoms with Crippen LogP contribution in [-0.4, -0.2) is 25.7 Å². The van der Waals surface area contributed by atoms with Gasteiger partial charge in [-0.3, -0.25) is 0 Å². The van der Waals surface area contributed by atoms with E-state index in [4.69, 9.17) is 0 Å². The van der Waals surface area contributed by atoms with Crippen LogP contribution in [0, 0.1) is 3.57 Å². The van der Waals surface area contributed by atoms with Crippen molar-refractivity contribution in [2.24, 2.45) is 0 Å². The van der Waals surface area contributed by atoms with Crippen LogP contribution in [0.2, 0.25) is 0 Å². The van der Waals surface area contributed by atoms with Crippen LogP contribution < -0.4 is 10.2 Å². The minimum Gasteiger partial charge on any atom is -0.371 e. The molecule has 1 fully saturated rings. The van der Waals surface area contributed by atoms with Crippen molar-refractivity contribution in [2.45, 2.75) is 25.8 Å². The predicted octanol–water partition coefficient (Wildman–Crippen LogP) is 2.87. The summed E-state index contributed by atoms with van der Waals surface area (Å²) in [6, 6.07) is 9.51. The minimum absolute atomic E-state index is 0.726. The fraction of sp³-hybridized carbons (Fsp3) is 0.538. The molecule has 0 amide bonds. The summed E-state index contributed by atoms with van der Waals surface area (Å²) in [5.74, 6) is 0. The predicted molar refractivity (Wildman–Crippen MR) is 78.1 cm³/mol. The number of nitrogens with zero attached hydrogens (tertiary/aromatic N) is 1. The number of anilines is 1. The van der Waals surface area contributed by atoms with E-state index < -0.39 is 0 Å². The summed E-state index contributed by atoms with van der Waals surface area (Å²) in [6.07, 6.45) is 2.53. The van der Waals surface area contributed by atoms with Crippen molar-refractivity contribution in [2.75, 3.05) is 24.5 Å². The Morgan fingerprint density at radius 3 is 2.75 bits per heavy atom. The Bertz CT molecular complexity index is 332. The second-order valence-corrected chi connectivity index (χ2v) is 5.54. The first-order valence-corrected chi connectivity index (χ1v) is 7.11. The van der Waals surface area contributed by atoms with E-state index in [2.05, 4.69) is 64.0 Å². The van der Waals surface area contributed by atoms with E-state index in [1.807, 2.05) is 0 Å². The third kappa shape index (κ3) is 3.10. The fourth-order valence-electron chi connectivity index (χ4n) is 2.30. The largest absolute Gasteiger partial charge is 0.371 e. The molecule has 0 atom stereocenters. The maximum atomic E-state index is 3.54. The van der Waals surface area contributed by atoms with Gasteiger partial charge in [-0.2, -0.15) is 0 Å². The third-order valence-corrected chi connectivity index (χ3v) is 3.83. The average molecular weight is 330 g/mol. The molecular formula is C13H19IN2. The highest BCUT2D eigenvalue weighted by Crippen LogP contribution is 2.21. The molecule has 1 saturated heterocycles. The molecule has 0 bridgehead atoms. The van der Waals surface area contributed by atoms with Crippen molar-refractivity contribution in [1.29, 1.82) is 0 Å². The maximum Gasteiger partial charge on any atom is 0.0376 e. The smallest absolute Gasteiger partial charge is 0.0376 e. The van der Waals surface area contributed by atoms with E-state index in [1.54, 1.807) is 0 Å². The molecule has 0 spiro atoms. The van der Waals surface area contributed by atoms with Crippen LogP contribution in [-0.2, 0) is 0 Å². The van der Waals surface area contributed by atoms with Crippen molar-refractivity contribution >= 4 is 28.3 Å². The van der Waals surface area contributed by atoms with Crippen LogP contribution in [0.4, 0.5) is 5.69 Å². The second kappa shape index (κ2) is 5.87. The summed E-state index contributed by atoms with van der Waals surface area (Å²) >= 11 is 2.38. The van der Waals surface area contributed by atoms with E-state index in [1.165, 1.54) is 35.2 Å². The lowest BCUT2D eigenvalue weighted by Gasteiger charge is -2.34. The van der Waals surface area contributed by atoms with E-state index in [0.29, 0.717) is 0 Å². The van der Waals surface area contributed by atoms with Crippen LogP contribution in [0.5, 0.6) is 0 Å². The summed E-state index contributed by atoms with van der Waals surface area (Å²) in [5, 5.41) is 3.54. The zero-order valence-corrected chi connectivity index (χ0v) is 11.9. The van der Waals surface area contributed by atoms with Crippen molar-refractivity contribution < 1.29 is 0 Å². The molecule has 2 rings (SSSR count). The monoisotopic (exact) mass is 330 g/mol. The Morgan fingerprint density at radius 1 is 1.38 bits per heavy atom. The van der Waals surface area contributed by atoms with Gasteiger partial charge in [0.1, 0.15) is 0 Å². The number of hydrogen-bond acceptors (Lipinski definition) is 2. The number of hydrogen-bond donors (Lipinski definition) is 1. The van der Waals surface area contributed by atoms with Gasteiger partial charge in [0, 0.05) is 28.4 Å². The Balaban J connectivity index is 1.94. The Morgan fingerprint density at radius 2 is 2.12 bits per heavy atom. The first-order chi connectivity index (χ1) is 7.79. The van der Waals surface area contributed by atoms with Gasteiger partial charge < -0.3 is 10.2 Å². The quantitative estimate of drug-likeness (QED) is 0.858. The zero-order valence-electron chi connectivity index (χ0n) is 9.75. The lowest BCUT2D eigenvalue weighted by Crippen LogP contribution is -2.42. The molecule has 1 aliphatic heterocycles. The number of nitrogens with one attached hydrogen (secondary N) is 1. The van der Waals surface area contributed by atoms with Gasteiger partial charge in [-0.05, 0) is 60.2 Å². The maximum absolute atomic E-state index is 3.54. The second-order valence-electron chi connectivity index (χ2n) is 4.30. The van der Waals surface area contributed by atoms with Gasteiger partial charge in [0.05, 0.1) is 0 Å². The van der Waals surface area contributed by atoms with Gasteiger partial charge in [0.2, 0.25) is 0 Å². The summed E-state index contributed by atoms with van der Waals surface area (Å²) in [6.45, 7) is 5.63. The summed E-state index contributed by atoms with van der Waals surface area (Å²) in [7, 11) is 0. The normalized spacial score (nSPS) is 17.8. The zero-order chi connectivity index (χ0) is 11.4. The molecule has 3 heteroatoms. The fourth-order valence-corrected chi connectivity index (χ4v) is 2.83. The highest BCUT2D eigenvalue weighted by molar-refractivity contribution is 14.1. The molecule has 88 valence electrons. The number of rotatable bonds is 3. The number of piperidine rings is 1. The highest BCUT2D eigenvalue weighted by atomic mass is 127. The van der Waals surface area contributed by atoms with Gasteiger partial charge in [-0.25, -0.2) is 0 Å². The first-order valence-electron chi connectivity index (χ1n) is 6.03. The van der Waals surface area contributed by atoms with Gasteiger partial charge in [0.25, 0.3) is 0 Å². The Kier molecular flexibility index (Phi) is 4.46. The van der Waals surface area contributed by atoms with Crippen molar-refractivity contribution in [1.82, 2.24) is 5.32 Å². The van der Waals surface area contributed by atoms with Crippen LogP contribution in [0.3, 0.4) is 0 Å². The molecule has 16 heavy (non-hydrogen) atoms. The topological polar surface area (TPSA) is 15.3 Å². The van der Waals surface area contributed by atoms with Crippen molar-refractivity contribution in [3.63, 3.8) is 0 Å². The summed E-state index contributed by atoms with van der Waals surface area (Å²) < 4.78 is 1.32. The molecule has 0 aliphatic carbocycles. The summed E-state index contributed by atoms with van der Waals surface area (Å²) in [4.78, 5) is 2.50. The van der Waals surface area contributed by atoms with E-state index in [-0.39, 0.29) is 0 Å². The molecule has 0 unspecified atom stereocenters. The van der Waals surface area contributed by atoms with E-state index >= 15 is 0 Å². The van der Waals surface area contributed by atoms with Gasteiger partial charge >= 0.3 is 0 Å². The lowest BCUT2D eigenvalue weighted by atomic mass is 10.0. The van der Waals surface area contributed by atoms with Gasteiger partial charge in [-0.15, -0.1) is 0 Å². The molecule has 0 radical (unpaired) electrons. The Hall–Kier alpha value is -0.290. The van der Waals surface area contributed by atoms with Crippen LogP contribution in [0.25, 0.3) is 0 Å². The summed E-state index contributed by atoms with van der Waals surface area (Å²) in [5.41, 5.74) is 1.38. The Labute approximate surface area is 112 Å². The molecule has 1 heterocycles. The molecule has 2 nitrogen and oxygen atoms in total. The molecule has 0 aromatic heterocycles. The first kappa shape index (κ1) is 12.2. The van der Waals surface area contributed by atoms with Crippen LogP contribution in [0.15, 0.2) is 24.3 Å². The van der Waals surface area contributed by atoms with E-state index in [0.717, 1.165) is 12.6 Å². The molecule has 1 N–H and O–H groups in total. The third-order valence-electron chi connectivity index (χ3n) is 3.16. The van der Waals surface area contributed by atoms with Gasteiger partial charge in [-0.1, -0.05) is 13.0 Å². The van der Waals surface area contributed by atoms with E-state index in [9.17, 15) is 0 Å². The molecular weight excluding hydrogens is 311 g/mol. The van der Waals surface area contributed by atoms with Gasteiger partial charge in [0.15, 0.2) is 0 Å². The van der Waals surface area contributed by atoms with Crippen molar-refractivity contribution in [3.8, 4) is 0 Å². The standard InChI is InChI=1S/C13H19IN2/c1-2-15-12-6-8-16(9-7-12)13-5-3-4-11(14)10-13/h3-5,10,12,15H,2,6-9H2,1H3. The van der Waals surface area contributed by atoms with Crippen LogP contribution >= 0.6 is 22.6 Å². The average Bonchev–Trinajstić information content (AvgIpc) is 2.30. The number of halogens is 1. The minimum atomic E-state index is 0.726. The molecule has 1 aliphatic rings. The van der Waals surface area contributed by atoms with Crippen molar-refractivity contribution in [3.05, 3.63) is 27.8 Å². The van der Waals surface area contributed by atoms with Crippen LogP contribution in [0.1, 0.15) is 19.8 Å². The highest BCUT2D eigenvalue weighted by Gasteiger charge is 2.18. The molecule has 1 aromatic carbocycles. The lowest BCUT2D eigenvalue weighted by molar-refractivity contribution is 0.424. The molecule has 1 aromatic rings. The number of benzene rings is 1. The molecule has 0 saturated carbocycles.